The van der Waals surface area contributed by atoms with E-state index in [1.165, 1.54) is 4.90 Å². The number of carbonyl (C=O) groups is 2. The summed E-state index contributed by atoms with van der Waals surface area (Å²) in [5, 5.41) is 14.8. The fourth-order valence-corrected chi connectivity index (χ4v) is 3.42. The second-order valence-electron chi connectivity index (χ2n) is 5.84. The third-order valence-electron chi connectivity index (χ3n) is 4.38. The van der Waals surface area contributed by atoms with Crippen LogP contribution in [0.5, 0.6) is 0 Å². The highest BCUT2D eigenvalue weighted by Gasteiger charge is 2.32. The summed E-state index contributed by atoms with van der Waals surface area (Å²) in [5.41, 5.74) is 3.76. The summed E-state index contributed by atoms with van der Waals surface area (Å²) in [6, 6.07) is 9.15. The van der Waals surface area contributed by atoms with E-state index in [-0.39, 0.29) is 12.5 Å². The van der Waals surface area contributed by atoms with Gasteiger partial charge in [-0.1, -0.05) is 23.4 Å². The summed E-state index contributed by atoms with van der Waals surface area (Å²) in [4.78, 5) is 25.0. The molecule has 3 aromatic rings. The molecular formula is C18H14N2O4. The summed E-state index contributed by atoms with van der Waals surface area (Å²) >= 11 is 0. The first kappa shape index (κ1) is 14.4. The number of rotatable bonds is 3. The summed E-state index contributed by atoms with van der Waals surface area (Å²) in [7, 11) is 0. The Labute approximate surface area is 137 Å². The van der Waals surface area contributed by atoms with E-state index in [0.29, 0.717) is 17.0 Å². The van der Waals surface area contributed by atoms with Gasteiger partial charge in [0.1, 0.15) is 12.3 Å². The number of aryl methyl sites for hydroxylation is 2. The van der Waals surface area contributed by atoms with Gasteiger partial charge in [0, 0.05) is 16.5 Å². The molecule has 0 fully saturated rings. The van der Waals surface area contributed by atoms with Crippen LogP contribution in [0.2, 0.25) is 0 Å². The molecule has 6 nitrogen and oxygen atoms in total. The van der Waals surface area contributed by atoms with Gasteiger partial charge in [-0.2, -0.15) is 0 Å². The van der Waals surface area contributed by atoms with E-state index >= 15 is 0 Å². The third kappa shape index (κ3) is 1.86. The Morgan fingerprint density at radius 2 is 2.00 bits per heavy atom. The van der Waals surface area contributed by atoms with E-state index in [1.54, 1.807) is 12.1 Å². The largest absolute Gasteiger partial charge is 0.480 e. The average molecular weight is 322 g/mol. The van der Waals surface area contributed by atoms with E-state index in [0.717, 1.165) is 27.6 Å². The van der Waals surface area contributed by atoms with Crippen molar-refractivity contribution in [2.24, 2.45) is 0 Å². The molecule has 0 unspecified atom stereocenters. The fourth-order valence-electron chi connectivity index (χ4n) is 3.42. The van der Waals surface area contributed by atoms with Gasteiger partial charge in [-0.25, -0.2) is 0 Å². The predicted octanol–water partition coefficient (Wildman–Crippen LogP) is 3.16. The van der Waals surface area contributed by atoms with Gasteiger partial charge < -0.3 is 9.63 Å². The molecule has 4 rings (SSSR count). The Bertz CT molecular complexity index is 1000. The molecule has 1 aliphatic rings. The SMILES string of the molecule is Cc1noc(C)c1-c1ccc2c3c(cccc13)C(=O)N2CC(=O)O. The molecular weight excluding hydrogens is 308 g/mol. The van der Waals surface area contributed by atoms with Crippen LogP contribution in [0.3, 0.4) is 0 Å². The molecule has 0 aliphatic carbocycles. The van der Waals surface area contributed by atoms with Crippen LogP contribution in [0.4, 0.5) is 5.69 Å². The number of anilines is 1. The van der Waals surface area contributed by atoms with Gasteiger partial charge in [0.25, 0.3) is 5.91 Å². The second kappa shape index (κ2) is 4.92. The number of hydrogen-bond donors (Lipinski definition) is 1. The van der Waals surface area contributed by atoms with Crippen molar-refractivity contribution in [2.45, 2.75) is 13.8 Å². The lowest BCUT2D eigenvalue weighted by Gasteiger charge is -2.15. The Kier molecular flexibility index (Phi) is 2.96. The minimum atomic E-state index is -1.04. The number of aliphatic carboxylic acids is 1. The van der Waals surface area contributed by atoms with Crippen LogP contribution < -0.4 is 4.90 Å². The summed E-state index contributed by atoms with van der Waals surface area (Å²) < 4.78 is 5.26. The first-order valence-electron chi connectivity index (χ1n) is 7.51. The first-order chi connectivity index (χ1) is 11.5. The summed E-state index contributed by atoms with van der Waals surface area (Å²) in [5.74, 6) is -0.618. The summed E-state index contributed by atoms with van der Waals surface area (Å²) in [6.07, 6.45) is 0. The molecule has 2 aromatic carbocycles. The van der Waals surface area contributed by atoms with Crippen LogP contribution in [0, 0.1) is 13.8 Å². The highest BCUT2D eigenvalue weighted by molar-refractivity contribution is 6.27. The third-order valence-corrected chi connectivity index (χ3v) is 4.38. The van der Waals surface area contributed by atoms with E-state index in [4.69, 9.17) is 9.63 Å². The normalized spacial score (nSPS) is 13.1. The van der Waals surface area contributed by atoms with Crippen molar-refractivity contribution < 1.29 is 19.2 Å². The van der Waals surface area contributed by atoms with Crippen molar-refractivity contribution in [3.05, 3.63) is 47.3 Å². The highest BCUT2D eigenvalue weighted by Crippen LogP contribution is 2.42. The number of benzene rings is 2. The van der Waals surface area contributed by atoms with Gasteiger partial charge in [-0.15, -0.1) is 0 Å². The Hall–Kier alpha value is -3.15. The molecule has 1 aliphatic heterocycles. The van der Waals surface area contributed by atoms with Crippen molar-refractivity contribution in [2.75, 3.05) is 11.4 Å². The number of nitrogens with zero attached hydrogens (tertiary/aromatic N) is 2. The van der Waals surface area contributed by atoms with Crippen molar-refractivity contribution in [3.63, 3.8) is 0 Å². The first-order valence-corrected chi connectivity index (χ1v) is 7.51. The van der Waals surface area contributed by atoms with Crippen molar-refractivity contribution >= 4 is 28.3 Å². The second-order valence-corrected chi connectivity index (χ2v) is 5.84. The molecule has 2 heterocycles. The predicted molar refractivity (Wildman–Crippen MR) is 88.2 cm³/mol. The van der Waals surface area contributed by atoms with E-state index < -0.39 is 5.97 Å². The zero-order valence-corrected chi connectivity index (χ0v) is 13.2. The summed E-state index contributed by atoms with van der Waals surface area (Å²) in [6.45, 7) is 3.37. The fraction of sp³-hybridized carbons (Fsp3) is 0.167. The number of aromatic nitrogens is 1. The van der Waals surface area contributed by atoms with Crippen molar-refractivity contribution in [1.82, 2.24) is 5.16 Å². The van der Waals surface area contributed by atoms with E-state index in [1.807, 2.05) is 32.0 Å². The lowest BCUT2D eigenvalue weighted by molar-refractivity contribution is -0.135. The number of carboxylic acids is 1. The van der Waals surface area contributed by atoms with Crippen LogP contribution in [-0.4, -0.2) is 28.7 Å². The topological polar surface area (TPSA) is 83.6 Å². The van der Waals surface area contributed by atoms with Gasteiger partial charge in [-0.3, -0.25) is 14.5 Å². The lowest BCUT2D eigenvalue weighted by Crippen LogP contribution is -2.32. The number of carbonyl (C=O) groups excluding carboxylic acids is 1. The Balaban J connectivity index is 2.02. The molecule has 0 spiro atoms. The standard InChI is InChI=1S/C18H14N2O4/c1-9-16(10(2)24-19-9)12-6-7-14-17-11(12)4-3-5-13(17)18(23)20(14)8-15(21)22/h3-7H,8H2,1-2H3,(H,21,22). The van der Waals surface area contributed by atoms with Gasteiger partial charge in [0.15, 0.2) is 0 Å². The van der Waals surface area contributed by atoms with Crippen molar-refractivity contribution in [3.8, 4) is 11.1 Å². The van der Waals surface area contributed by atoms with Gasteiger partial charge in [0.2, 0.25) is 0 Å². The van der Waals surface area contributed by atoms with Crippen LogP contribution in [-0.2, 0) is 4.79 Å². The average Bonchev–Trinajstić information content (AvgIpc) is 3.01. The van der Waals surface area contributed by atoms with Crippen LogP contribution in [0.25, 0.3) is 21.9 Å². The maximum absolute atomic E-state index is 12.6. The Morgan fingerprint density at radius 3 is 2.67 bits per heavy atom. The van der Waals surface area contributed by atoms with Gasteiger partial charge >= 0.3 is 5.97 Å². The number of amides is 1. The molecule has 1 aromatic heterocycles. The molecule has 0 bridgehead atoms. The maximum atomic E-state index is 12.6. The zero-order chi connectivity index (χ0) is 17.0. The molecule has 6 heteroatoms. The maximum Gasteiger partial charge on any atom is 0.323 e. The molecule has 0 radical (unpaired) electrons. The monoisotopic (exact) mass is 322 g/mol. The molecule has 24 heavy (non-hydrogen) atoms. The van der Waals surface area contributed by atoms with Crippen molar-refractivity contribution in [1.29, 1.82) is 0 Å². The van der Waals surface area contributed by atoms with E-state index in [2.05, 4.69) is 5.16 Å². The minimum absolute atomic E-state index is 0.283. The quantitative estimate of drug-likeness (QED) is 0.801. The van der Waals surface area contributed by atoms with Crippen LogP contribution >= 0.6 is 0 Å². The highest BCUT2D eigenvalue weighted by atomic mass is 16.5. The minimum Gasteiger partial charge on any atom is -0.480 e. The smallest absolute Gasteiger partial charge is 0.323 e. The van der Waals surface area contributed by atoms with Crippen LogP contribution in [0.1, 0.15) is 21.8 Å². The zero-order valence-electron chi connectivity index (χ0n) is 13.2. The van der Waals surface area contributed by atoms with E-state index in [9.17, 15) is 9.59 Å². The van der Waals surface area contributed by atoms with Crippen LogP contribution in [0.15, 0.2) is 34.9 Å². The number of carboxylic acid groups (broad SMARTS) is 1. The molecule has 1 N–H and O–H groups in total. The Morgan fingerprint density at radius 1 is 1.21 bits per heavy atom. The van der Waals surface area contributed by atoms with Gasteiger partial charge in [0.05, 0.1) is 11.4 Å². The molecule has 0 saturated carbocycles. The lowest BCUT2D eigenvalue weighted by atomic mass is 9.95. The molecule has 0 saturated heterocycles. The molecule has 120 valence electrons. The molecule has 0 atom stereocenters. The molecule has 1 amide bonds. The number of hydrogen-bond acceptors (Lipinski definition) is 4. The van der Waals surface area contributed by atoms with Gasteiger partial charge in [-0.05, 0) is 36.9 Å².